The molecule has 0 heterocycles. The molecule has 2 heteroatoms. The van der Waals surface area contributed by atoms with Gasteiger partial charge in [-0.05, 0) is 79.5 Å². The second-order valence-electron chi connectivity index (χ2n) is 8.41. The van der Waals surface area contributed by atoms with E-state index in [2.05, 4.69) is 49.4 Å². The van der Waals surface area contributed by atoms with E-state index in [1.807, 2.05) is 0 Å². The number of rotatable bonds is 5. The van der Waals surface area contributed by atoms with Crippen molar-refractivity contribution in [2.75, 3.05) is 6.61 Å². The number of nitrogens with two attached hydrogens (primary N) is 1. The first-order valence-corrected chi connectivity index (χ1v) is 10.2. The van der Waals surface area contributed by atoms with Crippen LogP contribution in [0, 0.1) is 12.8 Å². The van der Waals surface area contributed by atoms with Crippen molar-refractivity contribution in [3.05, 3.63) is 70.3 Å². The van der Waals surface area contributed by atoms with Crippen molar-refractivity contribution in [3.63, 3.8) is 0 Å². The van der Waals surface area contributed by atoms with E-state index in [-0.39, 0.29) is 0 Å². The fourth-order valence-corrected chi connectivity index (χ4v) is 4.59. The first kappa shape index (κ1) is 17.8. The lowest BCUT2D eigenvalue weighted by atomic mass is 9.82. The smallest absolute Gasteiger partial charge is 0.0717 e. The van der Waals surface area contributed by atoms with E-state index in [4.69, 9.17) is 10.5 Å². The Labute approximate surface area is 157 Å². The number of hydrogen-bond donors (Lipinski definition) is 1. The molecule has 0 bridgehead atoms. The van der Waals surface area contributed by atoms with Crippen LogP contribution in [-0.2, 0) is 24.2 Å². The first-order valence-electron chi connectivity index (χ1n) is 10.2. The summed E-state index contributed by atoms with van der Waals surface area (Å²) in [5.74, 6) is 1.34. The molecule has 4 rings (SSSR count). The van der Waals surface area contributed by atoms with Crippen molar-refractivity contribution in [1.29, 1.82) is 0 Å². The van der Waals surface area contributed by atoms with Gasteiger partial charge in [0.25, 0.3) is 0 Å². The predicted octanol–water partition coefficient (Wildman–Crippen LogP) is 4.91. The molecule has 1 fully saturated rings. The van der Waals surface area contributed by atoms with Crippen molar-refractivity contribution < 1.29 is 4.74 Å². The maximum Gasteiger partial charge on any atom is 0.0717 e. The minimum absolute atomic E-state index is 0.408. The maximum absolute atomic E-state index is 6.10. The van der Waals surface area contributed by atoms with Gasteiger partial charge in [0.15, 0.2) is 0 Å². The summed E-state index contributed by atoms with van der Waals surface area (Å²) in [5.41, 5.74) is 13.3. The van der Waals surface area contributed by atoms with Crippen LogP contribution in [0.15, 0.2) is 42.5 Å². The number of benzene rings is 2. The van der Waals surface area contributed by atoms with Gasteiger partial charge in [0.2, 0.25) is 0 Å². The number of ether oxygens (including phenoxy) is 1. The summed E-state index contributed by atoms with van der Waals surface area (Å²) >= 11 is 0. The highest BCUT2D eigenvalue weighted by Gasteiger charge is 2.25. The van der Waals surface area contributed by atoms with E-state index >= 15 is 0 Å². The average molecular weight is 350 g/mol. The van der Waals surface area contributed by atoms with Gasteiger partial charge in [0, 0.05) is 6.04 Å². The van der Waals surface area contributed by atoms with Gasteiger partial charge >= 0.3 is 0 Å². The Morgan fingerprint density at radius 1 is 1.00 bits per heavy atom. The molecule has 0 spiro atoms. The molecule has 3 unspecified atom stereocenters. The Hall–Kier alpha value is -1.64. The highest BCUT2D eigenvalue weighted by Crippen LogP contribution is 2.36. The van der Waals surface area contributed by atoms with Crippen LogP contribution in [0.25, 0.3) is 0 Å². The Kier molecular flexibility index (Phi) is 5.42. The van der Waals surface area contributed by atoms with E-state index in [9.17, 15) is 0 Å². The lowest BCUT2D eigenvalue weighted by molar-refractivity contribution is 0.0823. The summed E-state index contributed by atoms with van der Waals surface area (Å²) in [6.45, 7) is 3.72. The minimum atomic E-state index is 0.408. The van der Waals surface area contributed by atoms with Gasteiger partial charge in [-0.3, -0.25) is 0 Å². The van der Waals surface area contributed by atoms with Crippen LogP contribution in [0.4, 0.5) is 0 Å². The van der Waals surface area contributed by atoms with E-state index < -0.39 is 0 Å². The second-order valence-corrected chi connectivity index (χ2v) is 8.41. The van der Waals surface area contributed by atoms with Crippen LogP contribution in [0.2, 0.25) is 0 Å². The molecular weight excluding hydrogens is 318 g/mol. The van der Waals surface area contributed by atoms with Gasteiger partial charge in [0.05, 0.1) is 13.2 Å². The normalized spacial score (nSPS) is 25.2. The average Bonchev–Trinajstić information content (AvgIpc) is 3.09. The lowest BCUT2D eigenvalue weighted by Crippen LogP contribution is -2.19. The monoisotopic (exact) mass is 349 g/mol. The van der Waals surface area contributed by atoms with Crippen molar-refractivity contribution in [2.45, 2.75) is 64.0 Å². The Morgan fingerprint density at radius 3 is 2.62 bits per heavy atom. The molecule has 0 amide bonds. The number of aryl methyl sites for hydroxylation is 2. The molecule has 2 aromatic carbocycles. The Bertz CT molecular complexity index is 736. The fourth-order valence-electron chi connectivity index (χ4n) is 4.59. The first-order chi connectivity index (χ1) is 12.7. The van der Waals surface area contributed by atoms with Gasteiger partial charge in [-0.1, -0.05) is 48.0 Å². The summed E-state index contributed by atoms with van der Waals surface area (Å²) in [6, 6.07) is 16.3. The topological polar surface area (TPSA) is 35.2 Å². The van der Waals surface area contributed by atoms with Crippen molar-refractivity contribution in [2.24, 2.45) is 11.7 Å². The summed E-state index contributed by atoms with van der Waals surface area (Å²) < 4.78 is 6.02. The Balaban J connectivity index is 1.31. The molecule has 2 aliphatic rings. The fraction of sp³-hybridized carbons (Fsp3) is 0.500. The summed E-state index contributed by atoms with van der Waals surface area (Å²) in [4.78, 5) is 0. The zero-order valence-electron chi connectivity index (χ0n) is 15.9. The summed E-state index contributed by atoms with van der Waals surface area (Å²) in [6.07, 6.45) is 7.20. The zero-order valence-corrected chi connectivity index (χ0v) is 15.9. The molecule has 138 valence electrons. The van der Waals surface area contributed by atoms with Gasteiger partial charge in [-0.2, -0.15) is 0 Å². The van der Waals surface area contributed by atoms with Gasteiger partial charge < -0.3 is 10.5 Å². The number of hydrogen-bond acceptors (Lipinski definition) is 2. The third kappa shape index (κ3) is 4.19. The van der Waals surface area contributed by atoms with Crippen LogP contribution in [0.3, 0.4) is 0 Å². The van der Waals surface area contributed by atoms with E-state index in [1.54, 1.807) is 5.56 Å². The molecule has 2 N–H and O–H groups in total. The standard InChI is InChI=1S/C24H31NO/c1-17-2-4-18(5-3-17)15-26-16-19-6-7-21-13-22(9-8-20(21)12-19)23-10-11-24(25)14-23/h2-5,8-9,13,19,23-24H,6-7,10-12,14-16,25H2,1H3. The van der Waals surface area contributed by atoms with Gasteiger partial charge in [0.1, 0.15) is 0 Å². The quantitative estimate of drug-likeness (QED) is 0.832. The number of fused-ring (bicyclic) bond motifs is 1. The molecule has 2 nitrogen and oxygen atoms in total. The van der Waals surface area contributed by atoms with Gasteiger partial charge in [-0.15, -0.1) is 0 Å². The lowest BCUT2D eigenvalue weighted by Gasteiger charge is -2.26. The van der Waals surface area contributed by atoms with Crippen molar-refractivity contribution in [1.82, 2.24) is 0 Å². The molecule has 2 aliphatic carbocycles. The van der Waals surface area contributed by atoms with Crippen LogP contribution in [0.1, 0.15) is 59.4 Å². The maximum atomic E-state index is 6.10. The molecule has 26 heavy (non-hydrogen) atoms. The molecule has 3 atom stereocenters. The third-order valence-corrected chi connectivity index (χ3v) is 6.25. The third-order valence-electron chi connectivity index (χ3n) is 6.25. The Morgan fingerprint density at radius 2 is 1.85 bits per heavy atom. The highest BCUT2D eigenvalue weighted by molar-refractivity contribution is 5.36. The minimum Gasteiger partial charge on any atom is -0.376 e. The van der Waals surface area contributed by atoms with Gasteiger partial charge in [-0.25, -0.2) is 0 Å². The van der Waals surface area contributed by atoms with Crippen molar-refractivity contribution >= 4 is 0 Å². The molecule has 0 aromatic heterocycles. The molecule has 0 saturated heterocycles. The van der Waals surface area contributed by atoms with Crippen LogP contribution < -0.4 is 5.73 Å². The molecule has 1 saturated carbocycles. The largest absolute Gasteiger partial charge is 0.376 e. The van der Waals surface area contributed by atoms with Crippen LogP contribution >= 0.6 is 0 Å². The van der Waals surface area contributed by atoms with Crippen LogP contribution in [-0.4, -0.2) is 12.6 Å². The summed E-state index contributed by atoms with van der Waals surface area (Å²) in [5, 5.41) is 0. The van der Waals surface area contributed by atoms with E-state index in [0.717, 1.165) is 26.1 Å². The summed E-state index contributed by atoms with van der Waals surface area (Å²) in [7, 11) is 0. The molecule has 0 radical (unpaired) electrons. The van der Waals surface area contributed by atoms with E-state index in [1.165, 1.54) is 47.9 Å². The molecule has 0 aliphatic heterocycles. The van der Waals surface area contributed by atoms with Crippen LogP contribution in [0.5, 0.6) is 0 Å². The predicted molar refractivity (Wildman–Crippen MR) is 107 cm³/mol. The van der Waals surface area contributed by atoms with Crippen molar-refractivity contribution in [3.8, 4) is 0 Å². The highest BCUT2D eigenvalue weighted by atomic mass is 16.5. The zero-order chi connectivity index (χ0) is 17.9. The SMILES string of the molecule is Cc1ccc(COCC2CCc3cc(C4CCC(N)C4)ccc3C2)cc1. The van der Waals surface area contributed by atoms with E-state index in [0.29, 0.717) is 17.9 Å². The second kappa shape index (κ2) is 7.94. The molecular formula is C24H31NO. The molecule has 2 aromatic rings.